The largest absolute Gasteiger partial charge is 0.382 e. The van der Waals surface area contributed by atoms with Gasteiger partial charge in [-0.1, -0.05) is 20.8 Å². The van der Waals surface area contributed by atoms with Gasteiger partial charge in [-0.05, 0) is 6.42 Å². The minimum absolute atomic E-state index is 0. The summed E-state index contributed by atoms with van der Waals surface area (Å²) in [4.78, 5) is 18.4. The molecule has 1 rings (SSSR count). The molecule has 0 aromatic carbocycles. The van der Waals surface area contributed by atoms with Crippen LogP contribution >= 0.6 is 24.0 Å². The Bertz CT molecular complexity index is 413. The van der Waals surface area contributed by atoms with Gasteiger partial charge < -0.3 is 25.0 Å². The van der Waals surface area contributed by atoms with Crippen molar-refractivity contribution in [3.63, 3.8) is 0 Å². The molecule has 0 spiro atoms. The van der Waals surface area contributed by atoms with E-state index in [4.69, 9.17) is 9.47 Å². The highest BCUT2D eigenvalue weighted by Gasteiger charge is 2.25. The highest BCUT2D eigenvalue weighted by molar-refractivity contribution is 14.0. The summed E-state index contributed by atoms with van der Waals surface area (Å²) in [5, 5.41) is 6.25. The summed E-state index contributed by atoms with van der Waals surface area (Å²) in [6, 6.07) is 0. The summed E-state index contributed by atoms with van der Waals surface area (Å²) in [7, 11) is 3.47. The molecule has 1 unspecified atom stereocenters. The molecule has 0 aliphatic carbocycles. The molecule has 8 heteroatoms. The molecular weight excluding hydrogens is 435 g/mol. The van der Waals surface area contributed by atoms with E-state index in [1.807, 2.05) is 20.8 Å². The Morgan fingerprint density at radius 2 is 1.92 bits per heavy atom. The van der Waals surface area contributed by atoms with Gasteiger partial charge in [0.05, 0.1) is 19.8 Å². The quantitative estimate of drug-likeness (QED) is 0.242. The highest BCUT2D eigenvalue weighted by Crippen LogP contribution is 2.16. The van der Waals surface area contributed by atoms with Gasteiger partial charge in [-0.25, -0.2) is 0 Å². The number of halogens is 1. The molecule has 25 heavy (non-hydrogen) atoms. The summed E-state index contributed by atoms with van der Waals surface area (Å²) >= 11 is 0. The van der Waals surface area contributed by atoms with Crippen LogP contribution in [0.25, 0.3) is 0 Å². The van der Waals surface area contributed by atoms with Crippen LogP contribution in [0, 0.1) is 11.3 Å². The molecule has 0 bridgehead atoms. The molecule has 7 nitrogen and oxygen atoms in total. The standard InChI is InChI=1S/C17H34N4O3.HI/c1-17(2,3)15(22)19-7-8-20-16(18-4)21-9-6-14(12-21)13-24-11-10-23-5;/h14H,6-13H2,1-5H3,(H,18,20)(H,19,22);1H. The number of methoxy groups -OCH3 is 1. The third kappa shape index (κ3) is 9.60. The Kier molecular flexibility index (Phi) is 12.4. The summed E-state index contributed by atoms with van der Waals surface area (Å²) in [5.74, 6) is 1.48. The van der Waals surface area contributed by atoms with Crippen LogP contribution in [-0.4, -0.2) is 76.9 Å². The van der Waals surface area contributed by atoms with E-state index in [2.05, 4.69) is 20.5 Å². The van der Waals surface area contributed by atoms with Gasteiger partial charge in [-0.2, -0.15) is 0 Å². The number of nitrogens with one attached hydrogen (secondary N) is 2. The topological polar surface area (TPSA) is 75.2 Å². The SMILES string of the molecule is CN=C(NCCNC(=O)C(C)(C)C)N1CCC(COCCOC)C1.I. The lowest BCUT2D eigenvalue weighted by Crippen LogP contribution is -2.44. The van der Waals surface area contributed by atoms with Gasteiger partial charge >= 0.3 is 0 Å². The number of aliphatic imine (C=N–C) groups is 1. The molecule has 1 heterocycles. The van der Waals surface area contributed by atoms with Crippen LogP contribution in [0.3, 0.4) is 0 Å². The summed E-state index contributed by atoms with van der Waals surface area (Å²) in [6.45, 7) is 11.0. The van der Waals surface area contributed by atoms with E-state index < -0.39 is 0 Å². The number of amides is 1. The number of rotatable bonds is 8. The Hall–Kier alpha value is -0.610. The number of hydrogen-bond donors (Lipinski definition) is 2. The predicted molar refractivity (Wildman–Crippen MR) is 112 cm³/mol. The van der Waals surface area contributed by atoms with Crippen molar-refractivity contribution < 1.29 is 14.3 Å². The van der Waals surface area contributed by atoms with Crippen LogP contribution in [0.1, 0.15) is 27.2 Å². The molecule has 2 N–H and O–H groups in total. The van der Waals surface area contributed by atoms with Crippen molar-refractivity contribution >= 4 is 35.8 Å². The van der Waals surface area contributed by atoms with E-state index in [9.17, 15) is 4.79 Å². The van der Waals surface area contributed by atoms with Crippen molar-refractivity contribution in [2.45, 2.75) is 27.2 Å². The number of nitrogens with zero attached hydrogens (tertiary/aromatic N) is 2. The number of carbonyl (C=O) groups excluding carboxylic acids is 1. The van der Waals surface area contributed by atoms with Crippen LogP contribution < -0.4 is 10.6 Å². The first-order valence-corrected chi connectivity index (χ1v) is 8.69. The minimum atomic E-state index is -0.354. The monoisotopic (exact) mass is 470 g/mol. The van der Waals surface area contributed by atoms with E-state index in [0.29, 0.717) is 32.2 Å². The van der Waals surface area contributed by atoms with Crippen molar-refractivity contribution in [1.29, 1.82) is 0 Å². The fraction of sp³-hybridized carbons (Fsp3) is 0.882. The van der Waals surface area contributed by atoms with Crippen molar-refractivity contribution in [2.24, 2.45) is 16.3 Å². The molecule has 0 saturated carbocycles. The van der Waals surface area contributed by atoms with Gasteiger partial charge in [0.1, 0.15) is 0 Å². The fourth-order valence-corrected chi connectivity index (χ4v) is 2.50. The first-order chi connectivity index (χ1) is 11.4. The van der Waals surface area contributed by atoms with Crippen LogP contribution in [-0.2, 0) is 14.3 Å². The summed E-state index contributed by atoms with van der Waals surface area (Å²) < 4.78 is 10.6. The molecule has 1 saturated heterocycles. The number of hydrogen-bond acceptors (Lipinski definition) is 4. The number of guanidine groups is 1. The van der Waals surface area contributed by atoms with Crippen molar-refractivity contribution in [1.82, 2.24) is 15.5 Å². The van der Waals surface area contributed by atoms with Crippen molar-refractivity contribution in [3.8, 4) is 0 Å². The molecule has 1 fully saturated rings. The second-order valence-corrected chi connectivity index (χ2v) is 7.15. The Balaban J connectivity index is 0.00000576. The smallest absolute Gasteiger partial charge is 0.225 e. The van der Waals surface area contributed by atoms with Gasteiger partial charge in [-0.3, -0.25) is 9.79 Å². The van der Waals surface area contributed by atoms with Crippen LogP contribution in [0.4, 0.5) is 0 Å². The van der Waals surface area contributed by atoms with E-state index in [1.54, 1.807) is 14.2 Å². The van der Waals surface area contributed by atoms with E-state index >= 15 is 0 Å². The lowest BCUT2D eigenvalue weighted by Gasteiger charge is -2.22. The maximum absolute atomic E-state index is 11.8. The molecule has 1 atom stereocenters. The summed E-state index contributed by atoms with van der Waals surface area (Å²) in [6.07, 6.45) is 1.11. The average molecular weight is 470 g/mol. The lowest BCUT2D eigenvalue weighted by molar-refractivity contribution is -0.128. The molecule has 0 aromatic rings. The second-order valence-electron chi connectivity index (χ2n) is 7.15. The Labute approximate surface area is 169 Å². The maximum Gasteiger partial charge on any atom is 0.225 e. The van der Waals surface area contributed by atoms with Crippen LogP contribution in [0.15, 0.2) is 4.99 Å². The number of carbonyl (C=O) groups is 1. The third-order valence-electron chi connectivity index (χ3n) is 3.96. The van der Waals surface area contributed by atoms with E-state index in [0.717, 1.165) is 32.1 Å². The zero-order valence-electron chi connectivity index (χ0n) is 16.3. The van der Waals surface area contributed by atoms with Gasteiger partial charge in [-0.15, -0.1) is 24.0 Å². The molecule has 1 amide bonds. The first-order valence-electron chi connectivity index (χ1n) is 8.69. The van der Waals surface area contributed by atoms with Crippen LogP contribution in [0.5, 0.6) is 0 Å². The average Bonchev–Trinajstić information content (AvgIpc) is 2.99. The minimum Gasteiger partial charge on any atom is -0.382 e. The lowest BCUT2D eigenvalue weighted by atomic mass is 9.96. The molecular formula is C17H35IN4O3. The first kappa shape index (κ1) is 24.4. The maximum atomic E-state index is 11.8. The van der Waals surface area contributed by atoms with E-state index in [1.165, 1.54) is 0 Å². The molecule has 148 valence electrons. The fourth-order valence-electron chi connectivity index (χ4n) is 2.50. The van der Waals surface area contributed by atoms with Crippen molar-refractivity contribution in [3.05, 3.63) is 0 Å². The molecule has 0 radical (unpaired) electrons. The number of ether oxygens (including phenoxy) is 2. The highest BCUT2D eigenvalue weighted by atomic mass is 127. The molecule has 1 aliphatic rings. The molecule has 0 aromatic heterocycles. The van der Waals surface area contributed by atoms with Crippen molar-refractivity contribution in [2.75, 3.05) is 60.2 Å². The van der Waals surface area contributed by atoms with Gasteiger partial charge in [0.25, 0.3) is 0 Å². The molecule has 1 aliphatic heterocycles. The summed E-state index contributed by atoms with van der Waals surface area (Å²) in [5.41, 5.74) is -0.354. The normalized spacial score (nSPS) is 18.0. The second kappa shape index (κ2) is 12.7. The van der Waals surface area contributed by atoms with Gasteiger partial charge in [0, 0.05) is 51.7 Å². The zero-order valence-corrected chi connectivity index (χ0v) is 18.6. The van der Waals surface area contributed by atoms with Gasteiger partial charge in [0.15, 0.2) is 5.96 Å². The number of likely N-dealkylation sites (tertiary alicyclic amines) is 1. The zero-order chi connectivity index (χ0) is 18.0. The van der Waals surface area contributed by atoms with E-state index in [-0.39, 0.29) is 35.3 Å². The third-order valence-corrected chi connectivity index (χ3v) is 3.96. The van der Waals surface area contributed by atoms with Crippen LogP contribution in [0.2, 0.25) is 0 Å². The van der Waals surface area contributed by atoms with Gasteiger partial charge in [0.2, 0.25) is 5.91 Å². The predicted octanol–water partition coefficient (Wildman–Crippen LogP) is 1.33. The Morgan fingerprint density at radius 3 is 2.52 bits per heavy atom. The Morgan fingerprint density at radius 1 is 1.24 bits per heavy atom.